The van der Waals surface area contributed by atoms with Crippen molar-refractivity contribution in [1.29, 1.82) is 0 Å². The normalized spacial score (nSPS) is 13.3. The molecular formula is C21H21ClF3N3O5. The van der Waals surface area contributed by atoms with Gasteiger partial charge in [-0.2, -0.15) is 0 Å². The largest absolute Gasteiger partial charge is 0.492 e. The average molecular weight is 488 g/mol. The number of nitrogens with zero attached hydrogens (tertiary/aromatic N) is 2. The zero-order valence-electron chi connectivity index (χ0n) is 17.3. The van der Waals surface area contributed by atoms with Crippen LogP contribution in [0.1, 0.15) is 10.4 Å². The first kappa shape index (κ1) is 26.0. The minimum Gasteiger partial charge on any atom is -0.492 e. The Morgan fingerprint density at radius 2 is 1.79 bits per heavy atom. The average Bonchev–Trinajstić information content (AvgIpc) is 2.74. The number of ether oxygens (including phenoxy) is 1. The lowest BCUT2D eigenvalue weighted by Gasteiger charge is -2.31. The summed E-state index contributed by atoms with van der Waals surface area (Å²) in [4.78, 5) is 26.2. The molecule has 12 heteroatoms. The van der Waals surface area contributed by atoms with E-state index in [0.717, 1.165) is 29.0 Å². The minimum absolute atomic E-state index is 0. The highest BCUT2D eigenvalue weighted by Crippen LogP contribution is 2.39. The van der Waals surface area contributed by atoms with Crippen LogP contribution in [0.2, 0.25) is 0 Å². The van der Waals surface area contributed by atoms with Crippen molar-refractivity contribution in [1.82, 2.24) is 9.88 Å². The van der Waals surface area contributed by atoms with E-state index in [1.807, 2.05) is 0 Å². The summed E-state index contributed by atoms with van der Waals surface area (Å²) in [5.41, 5.74) is -1.78. The van der Waals surface area contributed by atoms with E-state index in [2.05, 4.69) is 5.32 Å². The number of hydrogen-bond acceptors (Lipinski definition) is 5. The zero-order valence-corrected chi connectivity index (χ0v) is 18.1. The van der Waals surface area contributed by atoms with Crippen molar-refractivity contribution in [3.63, 3.8) is 0 Å². The van der Waals surface area contributed by atoms with E-state index < -0.39 is 34.4 Å². The molecule has 3 aromatic rings. The van der Waals surface area contributed by atoms with Crippen molar-refractivity contribution in [2.75, 3.05) is 38.2 Å². The fourth-order valence-electron chi connectivity index (χ4n) is 3.81. The molecule has 1 aliphatic rings. The van der Waals surface area contributed by atoms with Gasteiger partial charge in [-0.1, -0.05) is 0 Å². The number of aromatic carboxylic acids is 1. The van der Waals surface area contributed by atoms with Crippen molar-refractivity contribution in [3.05, 3.63) is 63.7 Å². The first-order valence-electron chi connectivity index (χ1n) is 9.43. The van der Waals surface area contributed by atoms with E-state index in [0.29, 0.717) is 32.2 Å². The number of halogens is 4. The Morgan fingerprint density at radius 1 is 1.12 bits per heavy atom. The summed E-state index contributed by atoms with van der Waals surface area (Å²) in [6.45, 7) is 2.11. The molecule has 1 saturated heterocycles. The molecule has 2 heterocycles. The molecule has 1 fully saturated rings. The van der Waals surface area contributed by atoms with Gasteiger partial charge in [0, 0.05) is 38.4 Å². The van der Waals surface area contributed by atoms with Crippen LogP contribution in [0.25, 0.3) is 16.6 Å². The summed E-state index contributed by atoms with van der Waals surface area (Å²) in [7, 11) is 1.28. The molecule has 0 radical (unpaired) electrons. The predicted octanol–water partition coefficient (Wildman–Crippen LogP) is 2.12. The first-order chi connectivity index (χ1) is 14.8. The predicted molar refractivity (Wildman–Crippen MR) is 119 cm³/mol. The van der Waals surface area contributed by atoms with Crippen molar-refractivity contribution in [2.45, 2.75) is 0 Å². The minimum atomic E-state index is -1.56. The Hall–Kier alpha value is -3.28. The Morgan fingerprint density at radius 3 is 2.36 bits per heavy atom. The number of hydrogen-bond donors (Lipinski definition) is 2. The second-order valence-electron chi connectivity index (χ2n) is 7.02. The number of carboxylic acid groups (broad SMARTS) is 1. The lowest BCUT2D eigenvalue weighted by atomic mass is 10.1. The lowest BCUT2D eigenvalue weighted by molar-refractivity contribution is 0.0695. The Balaban J connectivity index is 0.00000193. The number of carbonyl (C=O) groups is 1. The van der Waals surface area contributed by atoms with E-state index >= 15 is 4.39 Å². The second-order valence-corrected chi connectivity index (χ2v) is 7.02. The highest BCUT2D eigenvalue weighted by molar-refractivity contribution is 5.97. The molecular weight excluding hydrogens is 467 g/mol. The highest BCUT2D eigenvalue weighted by Gasteiger charge is 2.27. The van der Waals surface area contributed by atoms with Crippen LogP contribution >= 0.6 is 12.4 Å². The van der Waals surface area contributed by atoms with Gasteiger partial charge in [0.05, 0.1) is 18.2 Å². The molecule has 0 bridgehead atoms. The van der Waals surface area contributed by atoms with Crippen LogP contribution in [-0.4, -0.2) is 54.4 Å². The molecule has 0 unspecified atom stereocenters. The molecule has 33 heavy (non-hydrogen) atoms. The summed E-state index contributed by atoms with van der Waals surface area (Å²) in [6.07, 6.45) is 0.936. The van der Waals surface area contributed by atoms with Gasteiger partial charge in [0.25, 0.3) is 0 Å². The van der Waals surface area contributed by atoms with Crippen LogP contribution in [-0.2, 0) is 0 Å². The summed E-state index contributed by atoms with van der Waals surface area (Å²) < 4.78 is 49.8. The molecule has 4 rings (SSSR count). The third kappa shape index (κ3) is 4.47. The number of carboxylic acids is 1. The summed E-state index contributed by atoms with van der Waals surface area (Å²) in [6, 6.07) is 3.67. The fraction of sp³-hybridized carbons (Fsp3) is 0.238. The van der Waals surface area contributed by atoms with Crippen LogP contribution in [0.3, 0.4) is 0 Å². The smallest absolute Gasteiger partial charge is 0.341 e. The van der Waals surface area contributed by atoms with Crippen LogP contribution in [0.4, 0.5) is 18.9 Å². The molecule has 0 aliphatic carbocycles. The van der Waals surface area contributed by atoms with Gasteiger partial charge in [-0.25, -0.2) is 18.0 Å². The van der Waals surface area contributed by atoms with Crippen molar-refractivity contribution in [2.24, 2.45) is 0 Å². The van der Waals surface area contributed by atoms with Gasteiger partial charge in [0.1, 0.15) is 28.4 Å². The monoisotopic (exact) mass is 487 g/mol. The molecule has 2 aromatic carbocycles. The van der Waals surface area contributed by atoms with E-state index in [4.69, 9.17) is 4.74 Å². The van der Waals surface area contributed by atoms with E-state index in [9.17, 15) is 23.5 Å². The SMILES string of the molecule is COc1c(N2CCNCC2)c(F)cc2c(=O)c(C(=O)O)cn(-c3ccc(F)cc3F)c12.Cl.O. The molecule has 0 saturated carbocycles. The number of piperazine rings is 1. The quantitative estimate of drug-likeness (QED) is 0.582. The van der Waals surface area contributed by atoms with Crippen LogP contribution in [0.5, 0.6) is 5.75 Å². The first-order valence-corrected chi connectivity index (χ1v) is 9.43. The number of benzene rings is 2. The van der Waals surface area contributed by atoms with E-state index in [1.165, 1.54) is 7.11 Å². The number of aromatic nitrogens is 1. The van der Waals surface area contributed by atoms with Gasteiger partial charge in [-0.15, -0.1) is 12.4 Å². The van der Waals surface area contributed by atoms with E-state index in [-0.39, 0.29) is 45.9 Å². The molecule has 0 atom stereocenters. The Bertz CT molecular complexity index is 1260. The standard InChI is InChI=1S/C21H18F3N3O4.ClH.H2O/c1-31-20-17-12(9-15(24)18(20)26-6-4-25-5-7-26)19(28)13(21(29)30)10-27(17)16-3-2-11(22)8-14(16)23;;/h2-3,8-10,25H,4-7H2,1H3,(H,29,30);1H;1H2. The van der Waals surface area contributed by atoms with Crippen LogP contribution in [0.15, 0.2) is 35.3 Å². The van der Waals surface area contributed by atoms with Crippen LogP contribution in [0, 0.1) is 17.5 Å². The highest BCUT2D eigenvalue weighted by atomic mass is 35.5. The maximum absolute atomic E-state index is 15.2. The summed E-state index contributed by atoms with van der Waals surface area (Å²) in [5, 5.41) is 12.3. The Kier molecular flexibility index (Phi) is 7.96. The van der Waals surface area contributed by atoms with Gasteiger partial charge >= 0.3 is 5.97 Å². The summed E-state index contributed by atoms with van der Waals surface area (Å²) >= 11 is 0. The van der Waals surface area contributed by atoms with Crippen LogP contribution < -0.4 is 20.4 Å². The molecule has 178 valence electrons. The van der Waals surface area contributed by atoms with Gasteiger partial charge in [-0.05, 0) is 18.2 Å². The Labute approximate surface area is 191 Å². The lowest BCUT2D eigenvalue weighted by Crippen LogP contribution is -2.44. The number of methoxy groups -OCH3 is 1. The van der Waals surface area contributed by atoms with E-state index in [1.54, 1.807) is 4.90 Å². The molecule has 4 N–H and O–H groups in total. The number of anilines is 1. The van der Waals surface area contributed by atoms with Crippen molar-refractivity contribution >= 4 is 35.0 Å². The number of nitrogens with one attached hydrogen (secondary N) is 1. The summed E-state index contributed by atoms with van der Waals surface area (Å²) in [5.74, 6) is -4.19. The zero-order chi connectivity index (χ0) is 22.3. The fourth-order valence-corrected chi connectivity index (χ4v) is 3.81. The van der Waals surface area contributed by atoms with Gasteiger partial charge in [0.2, 0.25) is 5.43 Å². The maximum Gasteiger partial charge on any atom is 0.341 e. The van der Waals surface area contributed by atoms with Gasteiger partial charge in [-0.3, -0.25) is 4.79 Å². The number of pyridine rings is 1. The van der Waals surface area contributed by atoms with Crippen molar-refractivity contribution < 1.29 is 33.3 Å². The molecule has 1 aromatic heterocycles. The van der Waals surface area contributed by atoms with Crippen molar-refractivity contribution in [3.8, 4) is 11.4 Å². The maximum atomic E-state index is 15.2. The molecule has 8 nitrogen and oxygen atoms in total. The molecule has 1 aliphatic heterocycles. The number of fused-ring (bicyclic) bond motifs is 1. The second kappa shape index (κ2) is 10.1. The third-order valence-corrected chi connectivity index (χ3v) is 5.21. The molecule has 0 amide bonds. The van der Waals surface area contributed by atoms with Gasteiger partial charge < -0.3 is 30.1 Å². The third-order valence-electron chi connectivity index (χ3n) is 5.21. The number of rotatable bonds is 4. The van der Waals surface area contributed by atoms with Gasteiger partial charge in [0.15, 0.2) is 11.6 Å². The molecule has 0 spiro atoms. The topological polar surface area (TPSA) is 115 Å².